The van der Waals surface area contributed by atoms with E-state index < -0.39 is 0 Å². The van der Waals surface area contributed by atoms with Crippen LogP contribution in [0.25, 0.3) is 0 Å². The van der Waals surface area contributed by atoms with Crippen molar-refractivity contribution in [1.82, 2.24) is 15.0 Å². The fraction of sp³-hybridized carbons (Fsp3) is 0.800. The molecule has 2 rings (SSSR count). The lowest BCUT2D eigenvalue weighted by Gasteiger charge is -2.28. The van der Waals surface area contributed by atoms with Gasteiger partial charge in [-0.05, 0) is 31.6 Å². The van der Waals surface area contributed by atoms with Crippen molar-refractivity contribution >= 4 is 17.8 Å². The van der Waals surface area contributed by atoms with Gasteiger partial charge < -0.3 is 15.1 Å². The Morgan fingerprint density at radius 1 is 1.14 bits per heavy atom. The molecule has 21 heavy (non-hydrogen) atoms. The fourth-order valence-corrected chi connectivity index (χ4v) is 2.42. The number of hydrogen-bond donors (Lipinski definition) is 1. The average molecular weight is 292 g/mol. The molecule has 0 saturated carbocycles. The topological polar surface area (TPSA) is 57.2 Å². The van der Waals surface area contributed by atoms with E-state index in [0.717, 1.165) is 38.0 Å². The first-order valence-corrected chi connectivity index (χ1v) is 8.00. The lowest BCUT2D eigenvalue weighted by atomic mass is 10.1. The molecule has 2 heterocycles. The van der Waals surface area contributed by atoms with E-state index in [4.69, 9.17) is 0 Å². The molecule has 1 aromatic rings. The van der Waals surface area contributed by atoms with Gasteiger partial charge in [0.05, 0.1) is 0 Å². The second-order valence-electron chi connectivity index (χ2n) is 6.16. The van der Waals surface area contributed by atoms with Crippen molar-refractivity contribution in [1.29, 1.82) is 0 Å². The first-order chi connectivity index (χ1) is 10.1. The summed E-state index contributed by atoms with van der Waals surface area (Å²) in [7, 11) is 3.91. The van der Waals surface area contributed by atoms with Crippen LogP contribution in [-0.4, -0.2) is 48.7 Å². The van der Waals surface area contributed by atoms with E-state index in [0.29, 0.717) is 11.9 Å². The van der Waals surface area contributed by atoms with Gasteiger partial charge in [-0.3, -0.25) is 0 Å². The number of rotatable bonds is 6. The summed E-state index contributed by atoms with van der Waals surface area (Å²) < 4.78 is 0. The minimum atomic E-state index is 0.650. The molecule has 0 unspecified atom stereocenters. The quantitative estimate of drug-likeness (QED) is 0.869. The van der Waals surface area contributed by atoms with E-state index >= 15 is 0 Å². The van der Waals surface area contributed by atoms with Crippen LogP contribution in [0.5, 0.6) is 0 Å². The van der Waals surface area contributed by atoms with E-state index in [1.54, 1.807) is 0 Å². The van der Waals surface area contributed by atoms with Crippen LogP contribution in [0.15, 0.2) is 0 Å². The number of hydrogen-bond acceptors (Lipinski definition) is 6. The largest absolute Gasteiger partial charge is 0.357 e. The maximum absolute atomic E-state index is 4.67. The predicted octanol–water partition coefficient (Wildman–Crippen LogP) is 2.39. The monoisotopic (exact) mass is 292 g/mol. The van der Waals surface area contributed by atoms with E-state index in [1.165, 1.54) is 19.3 Å². The zero-order chi connectivity index (χ0) is 15.2. The van der Waals surface area contributed by atoms with Crippen molar-refractivity contribution in [2.75, 3.05) is 48.8 Å². The number of aromatic nitrogens is 3. The summed E-state index contributed by atoms with van der Waals surface area (Å²) in [6, 6.07) is 0. The summed E-state index contributed by atoms with van der Waals surface area (Å²) in [5.41, 5.74) is 0. The van der Waals surface area contributed by atoms with E-state index in [9.17, 15) is 0 Å². The normalized spacial score (nSPS) is 15.4. The molecule has 0 amide bonds. The van der Waals surface area contributed by atoms with Crippen LogP contribution in [0.2, 0.25) is 0 Å². The van der Waals surface area contributed by atoms with Crippen molar-refractivity contribution in [2.45, 2.75) is 39.5 Å². The average Bonchev–Trinajstić information content (AvgIpc) is 2.52. The van der Waals surface area contributed by atoms with Crippen molar-refractivity contribution in [3.05, 3.63) is 0 Å². The third kappa shape index (κ3) is 4.44. The van der Waals surface area contributed by atoms with Gasteiger partial charge in [0.25, 0.3) is 0 Å². The second-order valence-corrected chi connectivity index (χ2v) is 6.16. The van der Waals surface area contributed by atoms with Gasteiger partial charge in [-0.25, -0.2) is 0 Å². The Hall–Kier alpha value is -1.59. The highest BCUT2D eigenvalue weighted by molar-refractivity contribution is 5.44. The van der Waals surface area contributed by atoms with Gasteiger partial charge in [-0.1, -0.05) is 13.8 Å². The highest BCUT2D eigenvalue weighted by Gasteiger charge is 2.17. The standard InChI is InChI=1S/C15H28N6/c1-12(2)8-11-20(4)14-17-13(16-3)18-15(19-14)21-9-6-5-7-10-21/h12H,5-11H2,1-4H3,(H,16,17,18,19). The SMILES string of the molecule is CNc1nc(N(C)CCC(C)C)nc(N2CCCCC2)n1. The summed E-state index contributed by atoms with van der Waals surface area (Å²) >= 11 is 0. The molecule has 1 aliphatic rings. The van der Waals surface area contributed by atoms with E-state index in [1.807, 2.05) is 7.05 Å². The molecule has 0 radical (unpaired) electrons. The zero-order valence-corrected chi connectivity index (χ0v) is 13.8. The maximum Gasteiger partial charge on any atom is 0.231 e. The number of nitrogens with one attached hydrogen (secondary N) is 1. The number of anilines is 3. The highest BCUT2D eigenvalue weighted by atomic mass is 15.4. The van der Waals surface area contributed by atoms with E-state index in [2.05, 4.69) is 51.0 Å². The van der Waals surface area contributed by atoms with Crippen molar-refractivity contribution in [3.63, 3.8) is 0 Å². The van der Waals surface area contributed by atoms with Gasteiger partial charge in [-0.2, -0.15) is 15.0 Å². The molecule has 0 aliphatic carbocycles. The molecule has 118 valence electrons. The predicted molar refractivity (Wildman–Crippen MR) is 88.2 cm³/mol. The molecule has 1 aromatic heterocycles. The van der Waals surface area contributed by atoms with Gasteiger partial charge in [0.2, 0.25) is 17.8 Å². The smallest absolute Gasteiger partial charge is 0.231 e. The Kier molecular flexibility index (Phi) is 5.59. The van der Waals surface area contributed by atoms with Gasteiger partial charge in [0, 0.05) is 33.7 Å². The first-order valence-electron chi connectivity index (χ1n) is 8.00. The third-order valence-corrected chi connectivity index (χ3v) is 3.86. The van der Waals surface area contributed by atoms with Crippen LogP contribution >= 0.6 is 0 Å². The zero-order valence-electron chi connectivity index (χ0n) is 13.8. The number of nitrogens with zero attached hydrogens (tertiary/aromatic N) is 5. The summed E-state index contributed by atoms with van der Waals surface area (Å²) in [6.07, 6.45) is 4.88. The van der Waals surface area contributed by atoms with Crippen LogP contribution in [0.4, 0.5) is 17.8 Å². The van der Waals surface area contributed by atoms with Crippen molar-refractivity contribution in [2.24, 2.45) is 5.92 Å². The van der Waals surface area contributed by atoms with Gasteiger partial charge in [-0.15, -0.1) is 0 Å². The molecule has 1 saturated heterocycles. The minimum absolute atomic E-state index is 0.650. The first kappa shape index (κ1) is 15.8. The molecule has 1 fully saturated rings. The van der Waals surface area contributed by atoms with Gasteiger partial charge in [0.1, 0.15) is 0 Å². The minimum Gasteiger partial charge on any atom is -0.357 e. The van der Waals surface area contributed by atoms with Crippen LogP contribution in [0, 0.1) is 5.92 Å². The maximum atomic E-state index is 4.67. The summed E-state index contributed by atoms with van der Waals surface area (Å²) in [6.45, 7) is 7.52. The van der Waals surface area contributed by atoms with Crippen molar-refractivity contribution < 1.29 is 0 Å². The van der Waals surface area contributed by atoms with Gasteiger partial charge in [0.15, 0.2) is 0 Å². The Bertz CT molecular complexity index is 442. The molecule has 6 nitrogen and oxygen atoms in total. The Morgan fingerprint density at radius 2 is 1.86 bits per heavy atom. The van der Waals surface area contributed by atoms with Crippen LogP contribution in [0.3, 0.4) is 0 Å². The number of piperidine rings is 1. The molecule has 0 bridgehead atoms. The Labute approximate surface area is 128 Å². The molecule has 1 aliphatic heterocycles. The second kappa shape index (κ2) is 7.43. The van der Waals surface area contributed by atoms with Gasteiger partial charge >= 0.3 is 0 Å². The molecule has 6 heteroatoms. The molecule has 0 aromatic carbocycles. The van der Waals surface area contributed by atoms with E-state index in [-0.39, 0.29) is 0 Å². The molecular weight excluding hydrogens is 264 g/mol. The summed E-state index contributed by atoms with van der Waals surface area (Å²) in [5.74, 6) is 2.90. The molecule has 0 atom stereocenters. The molecular formula is C15H28N6. The lowest BCUT2D eigenvalue weighted by Crippen LogP contribution is -2.32. The van der Waals surface area contributed by atoms with Crippen molar-refractivity contribution in [3.8, 4) is 0 Å². The van der Waals surface area contributed by atoms with Crippen LogP contribution in [0.1, 0.15) is 39.5 Å². The third-order valence-electron chi connectivity index (χ3n) is 3.86. The van der Waals surface area contributed by atoms with Crippen LogP contribution in [-0.2, 0) is 0 Å². The lowest BCUT2D eigenvalue weighted by molar-refractivity contribution is 0.564. The Balaban J connectivity index is 2.16. The summed E-state index contributed by atoms with van der Waals surface area (Å²) in [5, 5.41) is 3.05. The highest BCUT2D eigenvalue weighted by Crippen LogP contribution is 2.20. The fourth-order valence-electron chi connectivity index (χ4n) is 2.42. The molecule has 0 spiro atoms. The Morgan fingerprint density at radius 3 is 2.48 bits per heavy atom. The van der Waals surface area contributed by atoms with Crippen LogP contribution < -0.4 is 15.1 Å². The molecule has 1 N–H and O–H groups in total. The summed E-state index contributed by atoms with van der Waals surface area (Å²) in [4.78, 5) is 18.1.